The summed E-state index contributed by atoms with van der Waals surface area (Å²) in [4.78, 5) is 25.0. The molecule has 3 aliphatic heterocycles. The van der Waals surface area contributed by atoms with Gasteiger partial charge in [0.2, 0.25) is 0 Å². The second kappa shape index (κ2) is 11.6. The van der Waals surface area contributed by atoms with E-state index in [9.17, 15) is 18.8 Å². The first-order valence-electron chi connectivity index (χ1n) is 15.6. The Balaban J connectivity index is 1.09. The Labute approximate surface area is 266 Å². The van der Waals surface area contributed by atoms with Gasteiger partial charge in [-0.1, -0.05) is 0 Å². The molecule has 0 atom stereocenters. The van der Waals surface area contributed by atoms with Gasteiger partial charge >= 0.3 is 0 Å². The van der Waals surface area contributed by atoms with Crippen LogP contribution in [0.2, 0.25) is 0 Å². The Morgan fingerprint density at radius 2 is 1.87 bits per heavy atom. The number of fused-ring (bicyclic) bond motifs is 1. The number of hydrogen-bond acceptors (Lipinski definition) is 8. The predicted molar refractivity (Wildman–Crippen MR) is 169 cm³/mol. The Morgan fingerprint density at radius 3 is 2.54 bits per heavy atom. The minimum Gasteiger partial charge on any atom is -0.492 e. The number of carbonyl (C=O) groups excluding carboxylic acids is 1. The first-order valence-corrected chi connectivity index (χ1v) is 15.6. The number of ether oxygens (including phenoxy) is 1. The zero-order valence-corrected chi connectivity index (χ0v) is 26.0. The van der Waals surface area contributed by atoms with E-state index in [1.165, 1.54) is 0 Å². The van der Waals surface area contributed by atoms with E-state index in [0.717, 1.165) is 61.3 Å². The molecular formula is C34H36F2N8O2. The number of amides is 1. The third-order valence-corrected chi connectivity index (χ3v) is 9.53. The van der Waals surface area contributed by atoms with E-state index in [2.05, 4.69) is 38.2 Å². The molecule has 1 aromatic carbocycles. The van der Waals surface area contributed by atoms with Crippen LogP contribution in [0.4, 0.5) is 14.6 Å². The van der Waals surface area contributed by atoms with Crippen molar-refractivity contribution < 1.29 is 18.3 Å². The monoisotopic (exact) mass is 626 g/mol. The number of nitriles is 1. The van der Waals surface area contributed by atoms with Crippen molar-refractivity contribution >= 4 is 17.2 Å². The maximum atomic E-state index is 14.6. The molecule has 0 aliphatic carbocycles. The number of halogens is 2. The molecule has 4 aromatic rings. The van der Waals surface area contributed by atoms with Crippen LogP contribution in [-0.2, 0) is 0 Å². The summed E-state index contributed by atoms with van der Waals surface area (Å²) in [6, 6.07) is 11.0. The zero-order valence-electron chi connectivity index (χ0n) is 26.0. The van der Waals surface area contributed by atoms with Gasteiger partial charge < -0.3 is 19.9 Å². The van der Waals surface area contributed by atoms with Crippen LogP contribution in [0.5, 0.6) is 5.75 Å². The maximum absolute atomic E-state index is 14.6. The molecule has 1 amide bonds. The Bertz CT molecular complexity index is 1810. The lowest BCUT2D eigenvalue weighted by Gasteiger charge is -2.61. The fraction of sp³-hybridized carbons (Fsp3) is 0.412. The van der Waals surface area contributed by atoms with Gasteiger partial charge in [0.15, 0.2) is 0 Å². The first-order chi connectivity index (χ1) is 22.2. The van der Waals surface area contributed by atoms with E-state index >= 15 is 0 Å². The number of piperidine rings is 1. The number of rotatable bonds is 8. The molecule has 3 aliphatic rings. The van der Waals surface area contributed by atoms with Gasteiger partial charge in [-0.2, -0.15) is 10.4 Å². The summed E-state index contributed by atoms with van der Waals surface area (Å²) >= 11 is 0. The van der Waals surface area contributed by atoms with Crippen LogP contribution in [0.3, 0.4) is 0 Å². The number of hydrogen-bond donors (Lipinski definition) is 1. The minimum absolute atomic E-state index is 0.278. The second-order valence-electron chi connectivity index (χ2n) is 13.1. The lowest BCUT2D eigenvalue weighted by molar-refractivity contribution is -0.112. The van der Waals surface area contributed by atoms with Gasteiger partial charge in [0.1, 0.15) is 29.3 Å². The van der Waals surface area contributed by atoms with Crippen molar-refractivity contribution in [1.82, 2.24) is 29.7 Å². The fourth-order valence-corrected chi connectivity index (χ4v) is 7.58. The molecule has 46 heavy (non-hydrogen) atoms. The molecule has 238 valence electrons. The first kappa shape index (κ1) is 30.1. The molecule has 7 rings (SSSR count). The minimum atomic E-state index is -0.738. The number of aromatic nitrogens is 3. The van der Waals surface area contributed by atoms with Gasteiger partial charge in [0.25, 0.3) is 5.91 Å². The molecule has 0 saturated carbocycles. The number of likely N-dealkylation sites (tertiary alicyclic amines) is 2. The third-order valence-electron chi connectivity index (χ3n) is 9.53. The van der Waals surface area contributed by atoms with E-state index in [4.69, 9.17) is 9.72 Å². The van der Waals surface area contributed by atoms with Crippen LogP contribution in [-0.4, -0.2) is 95.3 Å². The van der Waals surface area contributed by atoms with Crippen LogP contribution >= 0.6 is 0 Å². The van der Waals surface area contributed by atoms with Crippen LogP contribution in [0.25, 0.3) is 16.6 Å². The van der Waals surface area contributed by atoms with Crippen LogP contribution in [0.1, 0.15) is 35.7 Å². The van der Waals surface area contributed by atoms with Gasteiger partial charge in [-0.3, -0.25) is 9.69 Å². The lowest BCUT2D eigenvalue weighted by atomic mass is 9.72. The fourth-order valence-electron chi connectivity index (χ4n) is 7.58. The van der Waals surface area contributed by atoms with Crippen LogP contribution < -0.4 is 15.0 Å². The van der Waals surface area contributed by atoms with Gasteiger partial charge in [-0.25, -0.2) is 18.3 Å². The molecule has 3 saturated heterocycles. The highest BCUT2D eigenvalue weighted by Gasteiger charge is 2.52. The molecule has 3 fully saturated rings. The summed E-state index contributed by atoms with van der Waals surface area (Å²) in [5.74, 6) is -0.536. The molecule has 1 N–H and O–H groups in total. The molecule has 0 bridgehead atoms. The van der Waals surface area contributed by atoms with Crippen molar-refractivity contribution in [2.24, 2.45) is 5.41 Å². The van der Waals surface area contributed by atoms with Crippen molar-refractivity contribution in [2.75, 3.05) is 64.4 Å². The summed E-state index contributed by atoms with van der Waals surface area (Å²) < 4.78 is 35.9. The summed E-state index contributed by atoms with van der Waals surface area (Å²) in [7, 11) is 2.12. The molecule has 6 heterocycles. The van der Waals surface area contributed by atoms with E-state index in [1.807, 2.05) is 25.1 Å². The molecule has 1 spiro atoms. The van der Waals surface area contributed by atoms with E-state index in [-0.39, 0.29) is 5.56 Å². The quantitative estimate of drug-likeness (QED) is 0.314. The predicted octanol–water partition coefficient (Wildman–Crippen LogP) is 3.96. The Morgan fingerprint density at radius 1 is 1.09 bits per heavy atom. The summed E-state index contributed by atoms with van der Waals surface area (Å²) in [6.45, 7) is 8.42. The smallest absolute Gasteiger partial charge is 0.254 e. The third kappa shape index (κ3) is 5.54. The Hall–Kier alpha value is -4.60. The number of nitrogens with one attached hydrogen (secondary N) is 1. The summed E-state index contributed by atoms with van der Waals surface area (Å²) in [5, 5.41) is 17.1. The zero-order chi connectivity index (χ0) is 32.1. The number of carbonyl (C=O) groups is 1. The van der Waals surface area contributed by atoms with Crippen molar-refractivity contribution in [1.29, 1.82) is 5.26 Å². The van der Waals surface area contributed by atoms with Crippen LogP contribution in [0, 0.1) is 28.4 Å². The van der Waals surface area contributed by atoms with Crippen LogP contribution in [0.15, 0.2) is 55.0 Å². The van der Waals surface area contributed by atoms with E-state index in [1.54, 1.807) is 23.1 Å². The van der Waals surface area contributed by atoms with Crippen molar-refractivity contribution in [2.45, 2.75) is 25.3 Å². The highest BCUT2D eigenvalue weighted by Crippen LogP contribution is 2.40. The number of anilines is 1. The summed E-state index contributed by atoms with van der Waals surface area (Å²) in [5.41, 5.74) is 2.25. The van der Waals surface area contributed by atoms with Gasteiger partial charge in [-0.05, 0) is 63.2 Å². The van der Waals surface area contributed by atoms with Gasteiger partial charge in [0, 0.05) is 68.6 Å². The molecular weight excluding hydrogens is 590 g/mol. The highest BCUT2D eigenvalue weighted by atomic mass is 19.1. The van der Waals surface area contributed by atoms with E-state index < -0.39 is 23.1 Å². The highest BCUT2D eigenvalue weighted by molar-refractivity contribution is 5.95. The average Bonchev–Trinajstić information content (AvgIpc) is 3.44. The molecule has 3 aromatic heterocycles. The number of nitrogens with zero attached hydrogens (tertiary/aromatic N) is 7. The van der Waals surface area contributed by atoms with Gasteiger partial charge in [-0.15, -0.1) is 0 Å². The lowest BCUT2D eigenvalue weighted by Crippen LogP contribution is -2.74. The van der Waals surface area contributed by atoms with Gasteiger partial charge in [0.05, 0.1) is 41.2 Å². The van der Waals surface area contributed by atoms with Crippen molar-refractivity contribution in [3.63, 3.8) is 0 Å². The largest absolute Gasteiger partial charge is 0.492 e. The Kier molecular flexibility index (Phi) is 7.61. The van der Waals surface area contributed by atoms with E-state index in [0.29, 0.717) is 61.3 Å². The van der Waals surface area contributed by atoms with Crippen molar-refractivity contribution in [3.8, 4) is 22.9 Å². The topological polar surface area (TPSA) is 102 Å². The SMILES string of the molecule is CCOc1cc(-c2ccc(N3CCC(CN4CC5(CN(C)C5)C4)(NC(=O)c4cc(F)ccc4F)CC3)nc2)c2c(C#N)cnn2c1. The molecule has 0 radical (unpaired) electrons. The number of benzene rings is 1. The van der Waals surface area contributed by atoms with Crippen molar-refractivity contribution in [3.05, 3.63) is 77.8 Å². The molecule has 12 heteroatoms. The average molecular weight is 627 g/mol. The molecule has 10 nitrogen and oxygen atoms in total. The normalized spacial score (nSPS) is 19.0. The second-order valence-corrected chi connectivity index (χ2v) is 13.1. The number of pyridine rings is 2. The summed E-state index contributed by atoms with van der Waals surface area (Å²) in [6.07, 6.45) is 6.35. The standard InChI is InChI=1S/C34H36F2N8O2/c1-3-46-26-13-27(31-24(14-37)16-39-44(31)17-26)23-4-7-30(38-15-23)43-10-8-34(9-11-43,22-42-20-33(21-42)18-41(2)19-33)40-32(45)28-12-25(35)5-6-29(28)36/h4-7,12-13,15-17H,3,8-11,18-22H2,1-2H3,(H,40,45). The molecule has 0 unspecified atom stereocenters. The maximum Gasteiger partial charge on any atom is 0.254 e.